The van der Waals surface area contributed by atoms with Gasteiger partial charge in [-0.05, 0) is 42.5 Å². The quantitative estimate of drug-likeness (QED) is 0.627. The minimum absolute atomic E-state index is 0.523. The molecule has 0 bridgehead atoms. The molecule has 0 saturated carbocycles. The Labute approximate surface area is 143 Å². The van der Waals surface area contributed by atoms with Gasteiger partial charge in [0, 0.05) is 22.0 Å². The third-order valence-corrected chi connectivity index (χ3v) is 4.00. The third kappa shape index (κ3) is 2.98. The SMILES string of the molecule is CCc1nc(-c2ccc(Cl)cc2)n(-c2ccc(Cl)cc2Cl)n1. The zero-order chi connectivity index (χ0) is 15.7. The lowest BCUT2D eigenvalue weighted by Crippen LogP contribution is -2.00. The predicted molar refractivity (Wildman–Crippen MR) is 91.2 cm³/mol. The van der Waals surface area contributed by atoms with Crippen LogP contribution in [0.5, 0.6) is 0 Å². The smallest absolute Gasteiger partial charge is 0.163 e. The van der Waals surface area contributed by atoms with Crippen molar-refractivity contribution < 1.29 is 0 Å². The van der Waals surface area contributed by atoms with E-state index in [-0.39, 0.29) is 0 Å². The lowest BCUT2D eigenvalue weighted by molar-refractivity contribution is 0.844. The van der Waals surface area contributed by atoms with Crippen LogP contribution in [0.25, 0.3) is 17.1 Å². The summed E-state index contributed by atoms with van der Waals surface area (Å²) >= 11 is 18.2. The van der Waals surface area contributed by atoms with Crippen molar-refractivity contribution in [3.63, 3.8) is 0 Å². The molecule has 0 spiro atoms. The molecule has 0 fully saturated rings. The number of halogens is 3. The molecule has 3 nitrogen and oxygen atoms in total. The van der Waals surface area contributed by atoms with Gasteiger partial charge in [0.25, 0.3) is 0 Å². The molecule has 2 aromatic carbocycles. The second-order valence-electron chi connectivity index (χ2n) is 4.72. The molecule has 3 rings (SSSR count). The van der Waals surface area contributed by atoms with E-state index in [1.54, 1.807) is 16.8 Å². The van der Waals surface area contributed by atoms with Gasteiger partial charge in [-0.2, -0.15) is 5.10 Å². The van der Waals surface area contributed by atoms with E-state index in [0.29, 0.717) is 15.1 Å². The van der Waals surface area contributed by atoms with Crippen LogP contribution in [0.1, 0.15) is 12.7 Å². The summed E-state index contributed by atoms with van der Waals surface area (Å²) < 4.78 is 1.74. The van der Waals surface area contributed by atoms with Crippen LogP contribution in [0.4, 0.5) is 0 Å². The van der Waals surface area contributed by atoms with Gasteiger partial charge in [0.1, 0.15) is 0 Å². The van der Waals surface area contributed by atoms with Gasteiger partial charge in [-0.1, -0.05) is 41.7 Å². The van der Waals surface area contributed by atoms with Gasteiger partial charge in [-0.15, -0.1) is 0 Å². The maximum atomic E-state index is 6.31. The van der Waals surface area contributed by atoms with Gasteiger partial charge in [-0.3, -0.25) is 0 Å². The Morgan fingerprint density at radius 2 is 1.64 bits per heavy atom. The van der Waals surface area contributed by atoms with Gasteiger partial charge in [0.15, 0.2) is 11.6 Å². The summed E-state index contributed by atoms with van der Waals surface area (Å²) in [7, 11) is 0. The Morgan fingerprint density at radius 3 is 2.27 bits per heavy atom. The molecule has 0 radical (unpaired) electrons. The number of aryl methyl sites for hydroxylation is 1. The first-order chi connectivity index (χ1) is 10.6. The fraction of sp³-hybridized carbons (Fsp3) is 0.125. The molecule has 0 N–H and O–H groups in total. The van der Waals surface area contributed by atoms with Crippen molar-refractivity contribution in [1.82, 2.24) is 14.8 Å². The van der Waals surface area contributed by atoms with E-state index in [1.165, 1.54) is 0 Å². The summed E-state index contributed by atoms with van der Waals surface area (Å²) in [6, 6.07) is 12.8. The molecular weight excluding hydrogens is 341 g/mol. The van der Waals surface area contributed by atoms with Gasteiger partial charge in [0.05, 0.1) is 10.7 Å². The number of nitrogens with zero attached hydrogens (tertiary/aromatic N) is 3. The zero-order valence-electron chi connectivity index (χ0n) is 11.7. The van der Waals surface area contributed by atoms with E-state index in [4.69, 9.17) is 34.8 Å². The molecule has 0 aliphatic rings. The highest BCUT2D eigenvalue weighted by molar-refractivity contribution is 6.35. The Balaban J connectivity index is 2.18. The molecule has 3 aromatic rings. The number of hydrogen-bond donors (Lipinski definition) is 0. The average molecular weight is 353 g/mol. The van der Waals surface area contributed by atoms with E-state index in [0.717, 1.165) is 29.3 Å². The average Bonchev–Trinajstić information content (AvgIpc) is 2.92. The standard InChI is InChI=1S/C16H12Cl3N3/c1-2-15-20-16(10-3-5-11(17)6-4-10)22(21-15)14-8-7-12(18)9-13(14)19/h3-9H,2H2,1H3. The van der Waals surface area contributed by atoms with Gasteiger partial charge < -0.3 is 0 Å². The normalized spacial score (nSPS) is 10.9. The molecule has 6 heteroatoms. The lowest BCUT2D eigenvalue weighted by atomic mass is 10.2. The number of benzene rings is 2. The van der Waals surface area contributed by atoms with Crippen LogP contribution < -0.4 is 0 Å². The van der Waals surface area contributed by atoms with Crippen LogP contribution in [0.2, 0.25) is 15.1 Å². The maximum absolute atomic E-state index is 6.31. The van der Waals surface area contributed by atoms with Crippen molar-refractivity contribution in [1.29, 1.82) is 0 Å². The number of rotatable bonds is 3. The summed E-state index contributed by atoms with van der Waals surface area (Å²) in [6.07, 6.45) is 0.735. The maximum Gasteiger partial charge on any atom is 0.163 e. The Bertz CT molecular complexity index is 810. The summed E-state index contributed by atoms with van der Waals surface area (Å²) in [5.41, 5.74) is 1.66. The van der Waals surface area contributed by atoms with E-state index in [9.17, 15) is 0 Å². The molecule has 112 valence electrons. The summed E-state index contributed by atoms with van der Waals surface area (Å²) in [5.74, 6) is 1.47. The minimum atomic E-state index is 0.523. The number of aromatic nitrogens is 3. The molecule has 0 aliphatic carbocycles. The van der Waals surface area contributed by atoms with Crippen LogP contribution >= 0.6 is 34.8 Å². The van der Waals surface area contributed by atoms with E-state index in [1.807, 2.05) is 37.3 Å². The zero-order valence-corrected chi connectivity index (χ0v) is 14.0. The molecule has 1 heterocycles. The van der Waals surface area contributed by atoms with Crippen molar-refractivity contribution in [2.24, 2.45) is 0 Å². The van der Waals surface area contributed by atoms with Crippen molar-refractivity contribution in [3.8, 4) is 17.1 Å². The second kappa shape index (κ2) is 6.29. The Hall–Kier alpha value is -1.55. The highest BCUT2D eigenvalue weighted by Gasteiger charge is 2.15. The largest absolute Gasteiger partial charge is 0.211 e. The van der Waals surface area contributed by atoms with Crippen LogP contribution in [-0.4, -0.2) is 14.8 Å². The second-order valence-corrected chi connectivity index (χ2v) is 6.00. The topological polar surface area (TPSA) is 30.7 Å². The first-order valence-corrected chi connectivity index (χ1v) is 7.89. The first-order valence-electron chi connectivity index (χ1n) is 6.76. The van der Waals surface area contributed by atoms with Crippen molar-refractivity contribution in [2.45, 2.75) is 13.3 Å². The van der Waals surface area contributed by atoms with Crippen LogP contribution in [0.3, 0.4) is 0 Å². The summed E-state index contributed by atoms with van der Waals surface area (Å²) in [5, 5.41) is 6.31. The molecule has 22 heavy (non-hydrogen) atoms. The van der Waals surface area contributed by atoms with Crippen molar-refractivity contribution in [2.75, 3.05) is 0 Å². The van der Waals surface area contributed by atoms with E-state index < -0.39 is 0 Å². The summed E-state index contributed by atoms with van der Waals surface area (Å²) in [6.45, 7) is 2.01. The Morgan fingerprint density at radius 1 is 0.955 bits per heavy atom. The fourth-order valence-corrected chi connectivity index (χ4v) is 2.73. The molecule has 1 aromatic heterocycles. The molecule has 0 atom stereocenters. The van der Waals surface area contributed by atoms with Gasteiger partial charge >= 0.3 is 0 Å². The molecule has 0 saturated heterocycles. The van der Waals surface area contributed by atoms with Crippen LogP contribution in [-0.2, 0) is 6.42 Å². The minimum Gasteiger partial charge on any atom is -0.211 e. The third-order valence-electron chi connectivity index (χ3n) is 3.21. The fourth-order valence-electron chi connectivity index (χ4n) is 2.11. The predicted octanol–water partition coefficient (Wildman–Crippen LogP) is 5.46. The monoisotopic (exact) mass is 351 g/mol. The van der Waals surface area contributed by atoms with E-state index in [2.05, 4.69) is 10.1 Å². The molecule has 0 unspecified atom stereocenters. The van der Waals surface area contributed by atoms with Crippen LogP contribution in [0, 0.1) is 0 Å². The van der Waals surface area contributed by atoms with Crippen molar-refractivity contribution >= 4 is 34.8 Å². The Kier molecular flexibility index (Phi) is 4.39. The van der Waals surface area contributed by atoms with Gasteiger partial charge in [0.2, 0.25) is 0 Å². The van der Waals surface area contributed by atoms with Crippen LogP contribution in [0.15, 0.2) is 42.5 Å². The molecule has 0 aliphatic heterocycles. The summed E-state index contributed by atoms with van der Waals surface area (Å²) in [4.78, 5) is 4.59. The van der Waals surface area contributed by atoms with Gasteiger partial charge in [-0.25, -0.2) is 9.67 Å². The van der Waals surface area contributed by atoms with E-state index >= 15 is 0 Å². The lowest BCUT2D eigenvalue weighted by Gasteiger charge is -2.08. The highest BCUT2D eigenvalue weighted by Crippen LogP contribution is 2.28. The molecular formula is C16H12Cl3N3. The molecule has 0 amide bonds. The first kappa shape index (κ1) is 15.3. The van der Waals surface area contributed by atoms with Crippen molar-refractivity contribution in [3.05, 3.63) is 63.4 Å². The highest BCUT2D eigenvalue weighted by atomic mass is 35.5. The number of hydrogen-bond acceptors (Lipinski definition) is 2.